The van der Waals surface area contributed by atoms with Gasteiger partial charge in [0, 0.05) is 43.3 Å². The van der Waals surface area contributed by atoms with Crippen molar-refractivity contribution in [3.05, 3.63) is 23.9 Å². The number of amides is 3. The highest BCUT2D eigenvalue weighted by molar-refractivity contribution is 6.06. The number of aromatic amines is 1. The number of aromatic nitrogens is 2. The van der Waals surface area contributed by atoms with Crippen molar-refractivity contribution in [2.45, 2.75) is 25.8 Å². The van der Waals surface area contributed by atoms with Crippen LogP contribution in [0.25, 0.3) is 10.9 Å². The highest BCUT2D eigenvalue weighted by Gasteiger charge is 2.35. The number of nitrogens with one attached hydrogen (secondary N) is 2. The Bertz CT molecular complexity index is 917. The second kappa shape index (κ2) is 6.77. The van der Waals surface area contributed by atoms with Crippen molar-refractivity contribution >= 4 is 28.5 Å². The number of urea groups is 1. The van der Waals surface area contributed by atoms with Gasteiger partial charge < -0.3 is 15.1 Å². The van der Waals surface area contributed by atoms with Crippen molar-refractivity contribution in [2.75, 3.05) is 44.2 Å². The number of carbonyl (C=O) groups is 2. The van der Waals surface area contributed by atoms with Crippen molar-refractivity contribution in [1.82, 2.24) is 25.3 Å². The number of carbonyl (C=O) groups excluding carboxylic acids is 2. The summed E-state index contributed by atoms with van der Waals surface area (Å²) in [6, 6.07) is 5.94. The molecule has 0 aliphatic carbocycles. The summed E-state index contributed by atoms with van der Waals surface area (Å²) in [5.41, 5.74) is 2.04. The van der Waals surface area contributed by atoms with Crippen LogP contribution >= 0.6 is 0 Å². The maximum Gasteiger partial charge on any atom is 0.324 e. The summed E-state index contributed by atoms with van der Waals surface area (Å²) in [6.45, 7) is 7.35. The number of benzene rings is 1. The van der Waals surface area contributed by atoms with Crippen LogP contribution in [0.3, 0.4) is 0 Å². The molecule has 4 saturated heterocycles. The number of nitrogens with zero attached hydrogens (tertiary/aromatic N) is 4. The summed E-state index contributed by atoms with van der Waals surface area (Å²) in [4.78, 5) is 31.3. The molecular weight excluding hydrogens is 356 g/mol. The third kappa shape index (κ3) is 2.83. The SMILES string of the molecule is CCN1CCN(c2ccc3c(C(=O)N[C@@H]4CN5CCC4CC5)n[nH]c3c2)C1=O. The molecule has 0 radical (unpaired) electrons. The van der Waals surface area contributed by atoms with Crippen LogP contribution in [0.5, 0.6) is 0 Å². The van der Waals surface area contributed by atoms with E-state index in [9.17, 15) is 9.59 Å². The fraction of sp³-hybridized carbons (Fsp3) is 0.550. The number of rotatable bonds is 4. The van der Waals surface area contributed by atoms with Crippen LogP contribution in [0.2, 0.25) is 0 Å². The smallest absolute Gasteiger partial charge is 0.324 e. The fourth-order valence-corrected chi connectivity index (χ4v) is 4.83. The van der Waals surface area contributed by atoms with Gasteiger partial charge in [0.25, 0.3) is 5.91 Å². The Morgan fingerprint density at radius 1 is 1.25 bits per heavy atom. The van der Waals surface area contributed by atoms with E-state index in [2.05, 4.69) is 20.4 Å². The second-order valence-corrected chi connectivity index (χ2v) is 8.03. The van der Waals surface area contributed by atoms with E-state index < -0.39 is 0 Å². The van der Waals surface area contributed by atoms with E-state index in [0.717, 1.165) is 55.6 Å². The molecule has 1 aromatic carbocycles. The number of H-pyrrole nitrogens is 1. The minimum Gasteiger partial charge on any atom is -0.346 e. The normalized spacial score (nSPS) is 27.0. The van der Waals surface area contributed by atoms with Gasteiger partial charge in [-0.1, -0.05) is 0 Å². The monoisotopic (exact) mass is 382 g/mol. The van der Waals surface area contributed by atoms with Gasteiger partial charge in [0.15, 0.2) is 5.69 Å². The molecule has 4 aliphatic rings. The molecule has 0 saturated carbocycles. The molecule has 2 aromatic rings. The molecule has 28 heavy (non-hydrogen) atoms. The molecule has 4 aliphatic heterocycles. The standard InChI is InChI=1S/C20H26N6O2/c1-2-25-9-10-26(20(25)28)14-3-4-15-16(11-14)22-23-18(15)19(27)21-17-12-24-7-5-13(17)6-8-24/h3-4,11,13,17H,2,5-10,12H2,1H3,(H,21,27)(H,22,23)/t17-/m1/s1. The quantitative estimate of drug-likeness (QED) is 0.842. The minimum atomic E-state index is -0.118. The molecule has 3 amide bonds. The molecule has 8 heteroatoms. The zero-order valence-electron chi connectivity index (χ0n) is 16.1. The first-order valence-corrected chi connectivity index (χ1v) is 10.2. The van der Waals surface area contributed by atoms with Gasteiger partial charge in [-0.2, -0.15) is 5.10 Å². The van der Waals surface area contributed by atoms with E-state index in [4.69, 9.17) is 0 Å². The average molecular weight is 382 g/mol. The average Bonchev–Trinajstić information content (AvgIpc) is 3.31. The lowest BCUT2D eigenvalue weighted by Gasteiger charge is -2.44. The van der Waals surface area contributed by atoms with Crippen LogP contribution < -0.4 is 10.2 Å². The van der Waals surface area contributed by atoms with E-state index >= 15 is 0 Å². The zero-order chi connectivity index (χ0) is 19.3. The predicted octanol–water partition coefficient (Wildman–Crippen LogP) is 1.65. The molecule has 2 bridgehead atoms. The van der Waals surface area contributed by atoms with Crippen molar-refractivity contribution in [3.8, 4) is 0 Å². The molecule has 1 aromatic heterocycles. The van der Waals surface area contributed by atoms with Crippen LogP contribution in [-0.2, 0) is 0 Å². The summed E-state index contributed by atoms with van der Waals surface area (Å²) in [5, 5.41) is 11.2. The zero-order valence-corrected chi connectivity index (χ0v) is 16.1. The van der Waals surface area contributed by atoms with Crippen LogP contribution in [0, 0.1) is 5.92 Å². The molecule has 0 unspecified atom stereocenters. The Balaban J connectivity index is 1.35. The van der Waals surface area contributed by atoms with Crippen LogP contribution in [0.15, 0.2) is 18.2 Å². The van der Waals surface area contributed by atoms with Gasteiger partial charge in [0.2, 0.25) is 0 Å². The first-order chi connectivity index (χ1) is 13.6. The van der Waals surface area contributed by atoms with E-state index in [0.29, 0.717) is 24.7 Å². The topological polar surface area (TPSA) is 84.6 Å². The summed E-state index contributed by atoms with van der Waals surface area (Å²) >= 11 is 0. The summed E-state index contributed by atoms with van der Waals surface area (Å²) < 4.78 is 0. The van der Waals surface area contributed by atoms with Gasteiger partial charge in [0.05, 0.1) is 5.52 Å². The van der Waals surface area contributed by atoms with E-state index in [-0.39, 0.29) is 18.0 Å². The Morgan fingerprint density at radius 2 is 2.07 bits per heavy atom. The molecule has 148 valence electrons. The van der Waals surface area contributed by atoms with Gasteiger partial charge in [-0.3, -0.25) is 14.8 Å². The maximum absolute atomic E-state index is 12.9. The third-order valence-corrected chi connectivity index (χ3v) is 6.52. The Labute approximate surface area is 163 Å². The van der Waals surface area contributed by atoms with E-state index in [1.807, 2.05) is 30.0 Å². The Kier molecular flexibility index (Phi) is 4.23. The van der Waals surface area contributed by atoms with Gasteiger partial charge >= 0.3 is 6.03 Å². The first kappa shape index (κ1) is 17.5. The largest absolute Gasteiger partial charge is 0.346 e. The molecule has 2 N–H and O–H groups in total. The number of piperidine rings is 3. The van der Waals surface area contributed by atoms with Crippen LogP contribution in [0.4, 0.5) is 10.5 Å². The number of fused-ring (bicyclic) bond motifs is 4. The second-order valence-electron chi connectivity index (χ2n) is 8.03. The molecular formula is C20H26N6O2. The lowest BCUT2D eigenvalue weighted by atomic mass is 9.84. The van der Waals surface area contributed by atoms with Crippen molar-refractivity contribution in [3.63, 3.8) is 0 Å². The van der Waals surface area contributed by atoms with Crippen molar-refractivity contribution in [2.24, 2.45) is 5.92 Å². The number of anilines is 1. The number of hydrogen-bond donors (Lipinski definition) is 2. The van der Waals surface area contributed by atoms with Crippen molar-refractivity contribution in [1.29, 1.82) is 0 Å². The Morgan fingerprint density at radius 3 is 2.75 bits per heavy atom. The number of likely N-dealkylation sites (N-methyl/N-ethyl adjacent to an activating group) is 1. The van der Waals surface area contributed by atoms with E-state index in [1.165, 1.54) is 0 Å². The lowest BCUT2D eigenvalue weighted by Crippen LogP contribution is -2.57. The molecule has 8 nitrogen and oxygen atoms in total. The third-order valence-electron chi connectivity index (χ3n) is 6.52. The molecule has 5 heterocycles. The molecule has 1 atom stereocenters. The van der Waals surface area contributed by atoms with Crippen LogP contribution in [-0.4, -0.2) is 77.2 Å². The summed E-state index contributed by atoms with van der Waals surface area (Å²) in [7, 11) is 0. The first-order valence-electron chi connectivity index (χ1n) is 10.2. The van der Waals surface area contributed by atoms with Gasteiger partial charge in [-0.15, -0.1) is 0 Å². The van der Waals surface area contributed by atoms with E-state index in [1.54, 1.807) is 4.90 Å². The Hall–Kier alpha value is -2.61. The highest BCUT2D eigenvalue weighted by Crippen LogP contribution is 2.29. The maximum atomic E-state index is 12.9. The van der Waals surface area contributed by atoms with Gasteiger partial charge in [0.1, 0.15) is 0 Å². The van der Waals surface area contributed by atoms with Gasteiger partial charge in [-0.05, 0) is 57.0 Å². The predicted molar refractivity (Wildman–Crippen MR) is 107 cm³/mol. The molecule has 4 fully saturated rings. The summed E-state index contributed by atoms with van der Waals surface area (Å²) in [5.74, 6) is 0.459. The molecule has 0 spiro atoms. The lowest BCUT2D eigenvalue weighted by molar-refractivity contribution is 0.0618. The minimum absolute atomic E-state index is 0.0293. The molecule has 6 rings (SSSR count). The highest BCUT2D eigenvalue weighted by atomic mass is 16.2. The van der Waals surface area contributed by atoms with Crippen molar-refractivity contribution < 1.29 is 9.59 Å². The fourth-order valence-electron chi connectivity index (χ4n) is 4.83. The van der Waals surface area contributed by atoms with Crippen LogP contribution in [0.1, 0.15) is 30.3 Å². The summed E-state index contributed by atoms with van der Waals surface area (Å²) in [6.07, 6.45) is 2.32. The van der Waals surface area contributed by atoms with Gasteiger partial charge in [-0.25, -0.2) is 4.79 Å². The number of hydrogen-bond acceptors (Lipinski definition) is 4.